The lowest BCUT2D eigenvalue weighted by molar-refractivity contribution is 0.265. The molecule has 0 aliphatic heterocycles. The van der Waals surface area contributed by atoms with E-state index in [2.05, 4.69) is 12.6 Å². The second-order valence-corrected chi connectivity index (χ2v) is 4.89. The molecule has 1 N–H and O–H groups in total. The van der Waals surface area contributed by atoms with Crippen molar-refractivity contribution in [3.63, 3.8) is 0 Å². The van der Waals surface area contributed by atoms with E-state index in [0.29, 0.717) is 5.02 Å². The number of hydrogen-bond acceptors (Lipinski definition) is 3. The minimum Gasteiger partial charge on any atom is -0.261 e. The molecule has 1 aromatic rings. The Hall–Kier alpha value is -0.720. The van der Waals surface area contributed by atoms with Crippen molar-refractivity contribution in [2.75, 3.05) is 0 Å². The van der Waals surface area contributed by atoms with E-state index in [4.69, 9.17) is 11.6 Å². The van der Waals surface area contributed by atoms with Crippen LogP contribution >= 0.6 is 24.2 Å². The fourth-order valence-corrected chi connectivity index (χ4v) is 2.12. The van der Waals surface area contributed by atoms with Gasteiger partial charge < -0.3 is 0 Å². The van der Waals surface area contributed by atoms with Crippen LogP contribution in [0.4, 0.5) is 4.79 Å². The highest BCUT2D eigenvalue weighted by Gasteiger charge is 2.14. The van der Waals surface area contributed by atoms with Crippen molar-refractivity contribution in [2.24, 2.45) is 0 Å². The number of halogens is 1. The van der Waals surface area contributed by atoms with Gasteiger partial charge in [0.1, 0.15) is 0 Å². The van der Waals surface area contributed by atoms with Gasteiger partial charge in [-0.1, -0.05) is 24.2 Å². The van der Waals surface area contributed by atoms with Crippen molar-refractivity contribution in [3.05, 3.63) is 29.3 Å². The van der Waals surface area contributed by atoms with Crippen LogP contribution < -0.4 is 4.72 Å². The third-order valence-electron chi connectivity index (χ3n) is 1.35. The number of nitrogens with one attached hydrogen (secondary N) is 1. The molecule has 0 aromatic heterocycles. The van der Waals surface area contributed by atoms with E-state index in [1.807, 2.05) is 0 Å². The molecule has 0 unspecified atom stereocenters. The van der Waals surface area contributed by atoms with Gasteiger partial charge in [-0.05, 0) is 24.3 Å². The third-order valence-corrected chi connectivity index (χ3v) is 3.21. The highest BCUT2D eigenvalue weighted by molar-refractivity contribution is 7.99. The summed E-state index contributed by atoms with van der Waals surface area (Å²) in [6.07, 6.45) is 0. The highest BCUT2D eigenvalue weighted by Crippen LogP contribution is 2.13. The van der Waals surface area contributed by atoms with E-state index in [1.54, 1.807) is 4.72 Å². The zero-order chi connectivity index (χ0) is 10.8. The van der Waals surface area contributed by atoms with Crippen molar-refractivity contribution in [3.8, 4) is 0 Å². The number of amides is 1. The lowest BCUT2D eigenvalue weighted by atomic mass is 10.4. The van der Waals surface area contributed by atoms with Crippen molar-refractivity contribution >= 4 is 39.5 Å². The molecular weight excluding hydrogens is 246 g/mol. The molecule has 0 saturated carbocycles. The normalized spacial score (nSPS) is 11.0. The monoisotopic (exact) mass is 251 g/mol. The van der Waals surface area contributed by atoms with Crippen molar-refractivity contribution in [1.29, 1.82) is 0 Å². The van der Waals surface area contributed by atoms with Crippen LogP contribution in [0.2, 0.25) is 5.02 Å². The summed E-state index contributed by atoms with van der Waals surface area (Å²) in [6.45, 7) is 0. The summed E-state index contributed by atoms with van der Waals surface area (Å²) < 4.78 is 24.4. The van der Waals surface area contributed by atoms with E-state index in [1.165, 1.54) is 24.3 Å². The van der Waals surface area contributed by atoms with E-state index < -0.39 is 15.3 Å². The molecule has 7 heteroatoms. The quantitative estimate of drug-likeness (QED) is 0.786. The van der Waals surface area contributed by atoms with E-state index >= 15 is 0 Å². The van der Waals surface area contributed by atoms with Crippen LogP contribution in [0.3, 0.4) is 0 Å². The first-order chi connectivity index (χ1) is 6.42. The van der Waals surface area contributed by atoms with Gasteiger partial charge in [-0.25, -0.2) is 13.1 Å². The molecule has 76 valence electrons. The van der Waals surface area contributed by atoms with Gasteiger partial charge in [-0.3, -0.25) is 4.79 Å². The maximum Gasteiger partial charge on any atom is 0.289 e. The summed E-state index contributed by atoms with van der Waals surface area (Å²) in [6, 6.07) is 5.42. The molecule has 1 aromatic carbocycles. The Bertz CT molecular complexity index is 441. The van der Waals surface area contributed by atoms with Crippen LogP contribution in [0, 0.1) is 0 Å². The number of hydrogen-bond donors (Lipinski definition) is 2. The largest absolute Gasteiger partial charge is 0.289 e. The number of sulfonamides is 1. The predicted octanol–water partition coefficient (Wildman–Crippen LogP) is 1.67. The Morgan fingerprint density at radius 1 is 1.29 bits per heavy atom. The Morgan fingerprint density at radius 2 is 1.79 bits per heavy atom. The average molecular weight is 252 g/mol. The van der Waals surface area contributed by atoms with Gasteiger partial charge in [0.05, 0.1) is 4.90 Å². The topological polar surface area (TPSA) is 63.2 Å². The van der Waals surface area contributed by atoms with Gasteiger partial charge in [0.25, 0.3) is 15.3 Å². The Kier molecular flexibility index (Phi) is 3.41. The lowest BCUT2D eigenvalue weighted by Crippen LogP contribution is -2.25. The minimum absolute atomic E-state index is 0.0377. The smallest absolute Gasteiger partial charge is 0.261 e. The van der Waals surface area contributed by atoms with Crippen molar-refractivity contribution in [1.82, 2.24) is 4.72 Å². The molecule has 4 nitrogen and oxygen atoms in total. The molecule has 0 saturated heterocycles. The van der Waals surface area contributed by atoms with Crippen LogP contribution in [0.15, 0.2) is 29.2 Å². The summed E-state index contributed by atoms with van der Waals surface area (Å²) in [5, 5.41) is -0.513. The molecule has 1 rings (SSSR count). The molecule has 0 aliphatic carbocycles. The van der Waals surface area contributed by atoms with Gasteiger partial charge in [0.15, 0.2) is 0 Å². The number of rotatable bonds is 2. The Balaban J connectivity index is 3.05. The van der Waals surface area contributed by atoms with Crippen LogP contribution in [0.1, 0.15) is 0 Å². The summed E-state index contributed by atoms with van der Waals surface area (Å²) in [5.41, 5.74) is 0. The molecule has 14 heavy (non-hydrogen) atoms. The van der Waals surface area contributed by atoms with Crippen LogP contribution in [-0.4, -0.2) is 13.7 Å². The number of benzene rings is 1. The summed E-state index contributed by atoms with van der Waals surface area (Å²) in [5.74, 6) is 0. The van der Waals surface area contributed by atoms with Gasteiger partial charge in [0.2, 0.25) is 0 Å². The average Bonchev–Trinajstić information content (AvgIpc) is 2.02. The summed E-state index contributed by atoms with van der Waals surface area (Å²) >= 11 is 8.88. The van der Waals surface area contributed by atoms with E-state index in [0.717, 1.165) is 0 Å². The fraction of sp³-hybridized carbons (Fsp3) is 0. The zero-order valence-electron chi connectivity index (χ0n) is 6.77. The summed E-state index contributed by atoms with van der Waals surface area (Å²) in [7, 11) is -3.81. The minimum atomic E-state index is -3.81. The van der Waals surface area contributed by atoms with Crippen LogP contribution in [0.5, 0.6) is 0 Å². The number of carbonyl (C=O) groups excluding carboxylic acids is 1. The van der Waals surface area contributed by atoms with Crippen molar-refractivity contribution < 1.29 is 13.2 Å². The zero-order valence-corrected chi connectivity index (χ0v) is 9.23. The summed E-state index contributed by atoms with van der Waals surface area (Å²) in [4.78, 5) is 10.4. The van der Waals surface area contributed by atoms with E-state index in [9.17, 15) is 13.2 Å². The maximum atomic E-state index is 11.3. The maximum absolute atomic E-state index is 11.3. The standard InChI is InChI=1S/C7H6ClNO3S2/c8-5-1-3-6(4-2-5)14(11,12)9-7(10)13/h1-4H,(H2,9,10,13). The second-order valence-electron chi connectivity index (χ2n) is 2.36. The number of carbonyl (C=O) groups is 1. The molecular formula is C7H6ClNO3S2. The molecule has 0 atom stereocenters. The molecule has 0 radical (unpaired) electrons. The molecule has 0 spiro atoms. The fourth-order valence-electron chi connectivity index (χ4n) is 0.788. The second kappa shape index (κ2) is 4.20. The first kappa shape index (κ1) is 11.4. The van der Waals surface area contributed by atoms with Crippen LogP contribution in [-0.2, 0) is 10.0 Å². The first-order valence-corrected chi connectivity index (χ1v) is 5.74. The number of thiol groups is 1. The molecule has 1 amide bonds. The van der Waals surface area contributed by atoms with E-state index in [-0.39, 0.29) is 4.90 Å². The molecule has 0 fully saturated rings. The van der Waals surface area contributed by atoms with Crippen molar-refractivity contribution in [2.45, 2.75) is 4.90 Å². The van der Waals surface area contributed by atoms with Gasteiger partial charge in [0, 0.05) is 5.02 Å². The molecule has 0 bridgehead atoms. The Labute approximate surface area is 91.7 Å². The highest BCUT2D eigenvalue weighted by atomic mass is 35.5. The molecule has 0 heterocycles. The van der Waals surface area contributed by atoms with Crippen LogP contribution in [0.25, 0.3) is 0 Å². The molecule has 0 aliphatic rings. The van der Waals surface area contributed by atoms with Gasteiger partial charge in [-0.15, -0.1) is 0 Å². The van der Waals surface area contributed by atoms with Gasteiger partial charge >= 0.3 is 0 Å². The lowest BCUT2D eigenvalue weighted by Gasteiger charge is -2.03. The van der Waals surface area contributed by atoms with Gasteiger partial charge in [-0.2, -0.15) is 0 Å². The third kappa shape index (κ3) is 2.90. The first-order valence-electron chi connectivity index (χ1n) is 3.43. The Morgan fingerprint density at radius 3 is 2.21 bits per heavy atom. The SMILES string of the molecule is O=C(S)NS(=O)(=O)c1ccc(Cl)cc1. The predicted molar refractivity (Wildman–Crippen MR) is 56.2 cm³/mol.